The minimum atomic E-state index is -0.694. The van der Waals surface area contributed by atoms with Gasteiger partial charge in [-0.15, -0.1) is 0 Å². The molecule has 0 amide bonds. The van der Waals surface area contributed by atoms with Crippen LogP contribution in [0.2, 0.25) is 0 Å². The molecular formula is C13H23NO3. The van der Waals surface area contributed by atoms with Gasteiger partial charge in [0.15, 0.2) is 0 Å². The molecule has 1 saturated carbocycles. The summed E-state index contributed by atoms with van der Waals surface area (Å²) in [6.07, 6.45) is 4.19. The maximum Gasteiger partial charge on any atom is 0.304 e. The molecule has 2 rings (SSSR count). The molecule has 1 atom stereocenters. The largest absolute Gasteiger partial charge is 0.481 e. The lowest BCUT2D eigenvalue weighted by Crippen LogP contribution is -2.39. The van der Waals surface area contributed by atoms with Crippen LogP contribution in [0.1, 0.15) is 32.6 Å². The lowest BCUT2D eigenvalue weighted by Gasteiger charge is -2.43. The average molecular weight is 241 g/mol. The van der Waals surface area contributed by atoms with Crippen molar-refractivity contribution in [3.63, 3.8) is 0 Å². The predicted molar refractivity (Wildman–Crippen MR) is 65.0 cm³/mol. The third-order valence-electron chi connectivity index (χ3n) is 4.40. The lowest BCUT2D eigenvalue weighted by molar-refractivity contribution is -0.137. The van der Waals surface area contributed by atoms with E-state index in [1.54, 1.807) is 0 Å². The summed E-state index contributed by atoms with van der Waals surface area (Å²) < 4.78 is 5.58. The Hall–Kier alpha value is -0.610. The molecule has 0 aromatic carbocycles. The first-order chi connectivity index (χ1) is 8.16. The fourth-order valence-electron chi connectivity index (χ4n) is 3.26. The third kappa shape index (κ3) is 2.80. The molecule has 0 unspecified atom stereocenters. The number of nitrogens with zero attached hydrogens (tertiary/aromatic N) is 1. The number of carboxylic acid groups (broad SMARTS) is 1. The second-order valence-corrected chi connectivity index (χ2v) is 5.45. The van der Waals surface area contributed by atoms with Crippen molar-refractivity contribution in [2.45, 2.75) is 32.6 Å². The van der Waals surface area contributed by atoms with Gasteiger partial charge < -0.3 is 14.7 Å². The van der Waals surface area contributed by atoms with Crippen LogP contribution >= 0.6 is 0 Å². The Bertz CT molecular complexity index is 276. The fourth-order valence-corrected chi connectivity index (χ4v) is 3.26. The molecular weight excluding hydrogens is 218 g/mol. The second kappa shape index (κ2) is 5.36. The van der Waals surface area contributed by atoms with Crippen LogP contribution in [0.25, 0.3) is 0 Å². The Morgan fingerprint density at radius 2 is 2.29 bits per heavy atom. The summed E-state index contributed by atoms with van der Waals surface area (Å²) in [6.45, 7) is 6.46. The molecule has 1 N–H and O–H groups in total. The van der Waals surface area contributed by atoms with Gasteiger partial charge in [0.05, 0.1) is 13.0 Å². The molecule has 4 heteroatoms. The van der Waals surface area contributed by atoms with Crippen molar-refractivity contribution in [1.82, 2.24) is 4.90 Å². The molecule has 4 nitrogen and oxygen atoms in total. The van der Waals surface area contributed by atoms with E-state index in [-0.39, 0.29) is 6.42 Å². The standard InChI is InChI=1S/C13H23NO3/c1-2-17-9-11-8-14(7-4-12(15)16)10-13(11)5-3-6-13/h11H,2-10H2,1H3,(H,15,16)/t11-/m1/s1. The number of hydrogen-bond acceptors (Lipinski definition) is 3. The molecule has 2 fully saturated rings. The molecule has 0 aromatic rings. The third-order valence-corrected chi connectivity index (χ3v) is 4.40. The molecule has 2 aliphatic rings. The highest BCUT2D eigenvalue weighted by atomic mass is 16.5. The SMILES string of the molecule is CCOC[C@H]1CN(CCC(=O)O)CC12CCC2. The van der Waals surface area contributed by atoms with Crippen LogP contribution in [0.3, 0.4) is 0 Å². The van der Waals surface area contributed by atoms with E-state index in [2.05, 4.69) is 4.90 Å². The maximum absolute atomic E-state index is 10.6. The number of carboxylic acids is 1. The summed E-state index contributed by atoms with van der Waals surface area (Å²) in [5.74, 6) is -0.0779. The summed E-state index contributed by atoms with van der Waals surface area (Å²) >= 11 is 0. The van der Waals surface area contributed by atoms with Gasteiger partial charge in [0.2, 0.25) is 0 Å². The smallest absolute Gasteiger partial charge is 0.304 e. The van der Waals surface area contributed by atoms with Gasteiger partial charge >= 0.3 is 5.97 Å². The monoisotopic (exact) mass is 241 g/mol. The van der Waals surface area contributed by atoms with Gasteiger partial charge in [0.1, 0.15) is 0 Å². The predicted octanol–water partition coefficient (Wildman–Crippen LogP) is 1.60. The van der Waals surface area contributed by atoms with Gasteiger partial charge in [-0.2, -0.15) is 0 Å². The zero-order chi connectivity index (χ0) is 12.3. The van der Waals surface area contributed by atoms with Crippen molar-refractivity contribution in [2.24, 2.45) is 11.3 Å². The first kappa shape index (κ1) is 12.8. The molecule has 0 radical (unpaired) electrons. The van der Waals surface area contributed by atoms with E-state index in [1.807, 2.05) is 6.92 Å². The molecule has 1 aliphatic carbocycles. The number of carbonyl (C=O) groups is 1. The number of likely N-dealkylation sites (tertiary alicyclic amines) is 1. The molecule has 0 bridgehead atoms. The minimum absolute atomic E-state index is 0.261. The van der Waals surface area contributed by atoms with Gasteiger partial charge in [-0.05, 0) is 25.2 Å². The van der Waals surface area contributed by atoms with Crippen molar-refractivity contribution in [3.8, 4) is 0 Å². The Morgan fingerprint density at radius 3 is 2.82 bits per heavy atom. The van der Waals surface area contributed by atoms with Gasteiger partial charge in [-0.1, -0.05) is 6.42 Å². The molecule has 98 valence electrons. The van der Waals surface area contributed by atoms with Crippen LogP contribution < -0.4 is 0 Å². The lowest BCUT2D eigenvalue weighted by atomic mass is 9.63. The normalized spacial score (nSPS) is 27.2. The first-order valence-electron chi connectivity index (χ1n) is 6.68. The molecule has 17 heavy (non-hydrogen) atoms. The van der Waals surface area contributed by atoms with E-state index in [1.165, 1.54) is 19.3 Å². The van der Waals surface area contributed by atoms with E-state index >= 15 is 0 Å². The highest BCUT2D eigenvalue weighted by molar-refractivity contribution is 5.66. The van der Waals surface area contributed by atoms with E-state index in [4.69, 9.17) is 9.84 Å². The van der Waals surface area contributed by atoms with Gasteiger partial charge in [0.25, 0.3) is 0 Å². The fraction of sp³-hybridized carbons (Fsp3) is 0.923. The first-order valence-corrected chi connectivity index (χ1v) is 6.68. The second-order valence-electron chi connectivity index (χ2n) is 5.45. The van der Waals surface area contributed by atoms with E-state index in [9.17, 15) is 4.79 Å². The summed E-state index contributed by atoms with van der Waals surface area (Å²) in [7, 11) is 0. The Morgan fingerprint density at radius 1 is 1.53 bits per heavy atom. The van der Waals surface area contributed by atoms with Crippen molar-refractivity contribution in [3.05, 3.63) is 0 Å². The molecule has 1 heterocycles. The topological polar surface area (TPSA) is 49.8 Å². The number of ether oxygens (including phenoxy) is 1. The Labute approximate surface area is 103 Å². The minimum Gasteiger partial charge on any atom is -0.481 e. The van der Waals surface area contributed by atoms with Crippen LogP contribution in [-0.2, 0) is 9.53 Å². The van der Waals surface area contributed by atoms with Crippen LogP contribution in [-0.4, -0.2) is 48.8 Å². The van der Waals surface area contributed by atoms with Crippen molar-refractivity contribution in [2.75, 3.05) is 32.8 Å². The van der Waals surface area contributed by atoms with Crippen LogP contribution in [0.15, 0.2) is 0 Å². The summed E-state index contributed by atoms with van der Waals surface area (Å²) in [5, 5.41) is 8.73. The zero-order valence-corrected chi connectivity index (χ0v) is 10.7. The zero-order valence-electron chi connectivity index (χ0n) is 10.7. The summed E-state index contributed by atoms with van der Waals surface area (Å²) in [5.41, 5.74) is 0.452. The molecule has 1 aliphatic heterocycles. The van der Waals surface area contributed by atoms with Gasteiger partial charge in [0, 0.05) is 32.2 Å². The quantitative estimate of drug-likeness (QED) is 0.767. The summed E-state index contributed by atoms with van der Waals surface area (Å²) in [4.78, 5) is 12.9. The Kier molecular flexibility index (Phi) is 4.05. The summed E-state index contributed by atoms with van der Waals surface area (Å²) in [6, 6.07) is 0. The molecule has 0 aromatic heterocycles. The van der Waals surface area contributed by atoms with E-state index in [0.717, 1.165) is 26.3 Å². The number of rotatable bonds is 6. The van der Waals surface area contributed by atoms with Crippen LogP contribution in [0.4, 0.5) is 0 Å². The van der Waals surface area contributed by atoms with Crippen LogP contribution in [0, 0.1) is 11.3 Å². The van der Waals surface area contributed by atoms with E-state index < -0.39 is 5.97 Å². The van der Waals surface area contributed by atoms with Crippen LogP contribution in [0.5, 0.6) is 0 Å². The van der Waals surface area contributed by atoms with Gasteiger partial charge in [-0.25, -0.2) is 0 Å². The molecule has 1 spiro atoms. The maximum atomic E-state index is 10.6. The van der Waals surface area contributed by atoms with Gasteiger partial charge in [-0.3, -0.25) is 4.79 Å². The van der Waals surface area contributed by atoms with Crippen molar-refractivity contribution < 1.29 is 14.6 Å². The highest BCUT2D eigenvalue weighted by Gasteiger charge is 2.49. The number of aliphatic carboxylic acids is 1. The van der Waals surface area contributed by atoms with E-state index in [0.29, 0.717) is 17.9 Å². The average Bonchev–Trinajstić information content (AvgIpc) is 2.62. The Balaban J connectivity index is 1.86. The molecule has 1 saturated heterocycles. The number of hydrogen-bond donors (Lipinski definition) is 1. The van der Waals surface area contributed by atoms with Crippen molar-refractivity contribution in [1.29, 1.82) is 0 Å². The highest BCUT2D eigenvalue weighted by Crippen LogP contribution is 2.51. The van der Waals surface area contributed by atoms with Crippen molar-refractivity contribution >= 4 is 5.97 Å².